The van der Waals surface area contributed by atoms with Crippen LogP contribution >= 0.6 is 11.8 Å². The van der Waals surface area contributed by atoms with E-state index in [-0.39, 0.29) is 5.75 Å². The summed E-state index contributed by atoms with van der Waals surface area (Å²) < 4.78 is 2.07. The van der Waals surface area contributed by atoms with Crippen LogP contribution in [0.5, 0.6) is 0 Å². The van der Waals surface area contributed by atoms with Gasteiger partial charge in [0, 0.05) is 19.6 Å². The van der Waals surface area contributed by atoms with Gasteiger partial charge in [-0.3, -0.25) is 9.36 Å². The highest BCUT2D eigenvalue weighted by Crippen LogP contribution is 2.24. The third-order valence-corrected chi connectivity index (χ3v) is 4.31. The molecule has 0 radical (unpaired) electrons. The summed E-state index contributed by atoms with van der Waals surface area (Å²) in [6.07, 6.45) is 5.92. The fourth-order valence-corrected chi connectivity index (χ4v) is 3.12. The zero-order valence-electron chi connectivity index (χ0n) is 11.9. The molecule has 20 heavy (non-hydrogen) atoms. The minimum atomic E-state index is -0.822. The Balaban J connectivity index is 2.16. The predicted molar refractivity (Wildman–Crippen MR) is 79.4 cm³/mol. The Bertz CT molecular complexity index is 442. The molecule has 1 N–H and O–H groups in total. The maximum Gasteiger partial charge on any atom is 0.313 e. The molecule has 0 saturated carbocycles. The van der Waals surface area contributed by atoms with Gasteiger partial charge in [0.2, 0.25) is 5.95 Å². The Morgan fingerprint density at radius 3 is 2.55 bits per heavy atom. The molecule has 1 aliphatic heterocycles. The lowest BCUT2D eigenvalue weighted by Gasteiger charge is -2.22. The molecular formula is C13H22N4O2S. The van der Waals surface area contributed by atoms with Gasteiger partial charge in [-0.1, -0.05) is 31.5 Å². The number of aromatic nitrogens is 3. The number of hydrogen-bond acceptors (Lipinski definition) is 5. The second-order valence-electron chi connectivity index (χ2n) is 5.02. The minimum absolute atomic E-state index is 0.0296. The molecule has 1 aromatic rings. The lowest BCUT2D eigenvalue weighted by atomic mass is 10.2. The van der Waals surface area contributed by atoms with Crippen molar-refractivity contribution in [3.8, 4) is 0 Å². The number of anilines is 1. The number of nitrogens with zero attached hydrogens (tertiary/aromatic N) is 4. The van der Waals surface area contributed by atoms with E-state index in [1.165, 1.54) is 37.4 Å². The summed E-state index contributed by atoms with van der Waals surface area (Å²) in [7, 11) is 0. The summed E-state index contributed by atoms with van der Waals surface area (Å²) in [6, 6.07) is 0. The molecule has 1 fully saturated rings. The monoisotopic (exact) mass is 298 g/mol. The topological polar surface area (TPSA) is 71.2 Å². The van der Waals surface area contributed by atoms with E-state index in [4.69, 9.17) is 5.11 Å². The van der Waals surface area contributed by atoms with E-state index in [2.05, 4.69) is 26.6 Å². The van der Waals surface area contributed by atoms with E-state index in [0.29, 0.717) is 5.16 Å². The second-order valence-corrected chi connectivity index (χ2v) is 5.96. The third-order valence-electron chi connectivity index (χ3n) is 3.36. The van der Waals surface area contributed by atoms with Crippen LogP contribution in [0.4, 0.5) is 5.95 Å². The van der Waals surface area contributed by atoms with Gasteiger partial charge in [0.25, 0.3) is 0 Å². The Morgan fingerprint density at radius 2 is 1.95 bits per heavy atom. The Hall–Kier alpha value is -1.24. The number of thioether (sulfide) groups is 1. The van der Waals surface area contributed by atoms with Crippen LogP contribution in [-0.2, 0) is 11.3 Å². The average molecular weight is 298 g/mol. The van der Waals surface area contributed by atoms with Crippen LogP contribution in [0.3, 0.4) is 0 Å². The summed E-state index contributed by atoms with van der Waals surface area (Å²) in [5.74, 6) is 0.112. The van der Waals surface area contributed by atoms with Gasteiger partial charge in [-0.15, -0.1) is 10.2 Å². The molecule has 112 valence electrons. The van der Waals surface area contributed by atoms with Crippen LogP contribution in [0.1, 0.15) is 39.0 Å². The first-order valence-corrected chi connectivity index (χ1v) is 8.23. The fourth-order valence-electron chi connectivity index (χ4n) is 2.44. The van der Waals surface area contributed by atoms with Gasteiger partial charge in [0.15, 0.2) is 5.16 Å². The van der Waals surface area contributed by atoms with E-state index < -0.39 is 5.97 Å². The molecule has 0 spiro atoms. The molecule has 1 aliphatic rings. The molecule has 0 aromatic carbocycles. The quantitative estimate of drug-likeness (QED) is 0.812. The summed E-state index contributed by atoms with van der Waals surface area (Å²) in [5, 5.41) is 18.0. The van der Waals surface area contributed by atoms with E-state index in [1.54, 1.807) is 0 Å². The lowest BCUT2D eigenvalue weighted by Crippen LogP contribution is -2.27. The van der Waals surface area contributed by atoms with Crippen molar-refractivity contribution in [3.05, 3.63) is 0 Å². The maximum atomic E-state index is 10.7. The molecule has 0 aliphatic carbocycles. The molecule has 0 atom stereocenters. The van der Waals surface area contributed by atoms with E-state index in [9.17, 15) is 4.79 Å². The molecule has 2 heterocycles. The number of hydrogen-bond donors (Lipinski definition) is 1. The fraction of sp³-hybridized carbons (Fsp3) is 0.769. The lowest BCUT2D eigenvalue weighted by molar-refractivity contribution is -0.133. The van der Waals surface area contributed by atoms with Crippen molar-refractivity contribution >= 4 is 23.7 Å². The molecule has 1 aromatic heterocycles. The SMILES string of the molecule is CCCn1c(SCC(=O)O)nnc1N1CCCCCC1. The smallest absolute Gasteiger partial charge is 0.313 e. The highest BCUT2D eigenvalue weighted by Gasteiger charge is 2.19. The highest BCUT2D eigenvalue weighted by molar-refractivity contribution is 7.99. The molecule has 2 rings (SSSR count). The van der Waals surface area contributed by atoms with Crippen molar-refractivity contribution in [1.29, 1.82) is 0 Å². The number of aliphatic carboxylic acids is 1. The molecule has 0 amide bonds. The van der Waals surface area contributed by atoms with Crippen LogP contribution in [0.15, 0.2) is 5.16 Å². The summed E-state index contributed by atoms with van der Waals surface area (Å²) in [5.41, 5.74) is 0. The normalized spacial score (nSPS) is 16.1. The van der Waals surface area contributed by atoms with Gasteiger partial charge in [0.05, 0.1) is 5.75 Å². The molecule has 1 saturated heterocycles. The third kappa shape index (κ3) is 3.88. The van der Waals surface area contributed by atoms with Crippen LogP contribution in [-0.4, -0.2) is 44.7 Å². The van der Waals surface area contributed by atoms with Crippen LogP contribution in [0, 0.1) is 0 Å². The second kappa shape index (κ2) is 7.52. The van der Waals surface area contributed by atoms with E-state index in [0.717, 1.165) is 32.0 Å². The summed E-state index contributed by atoms with van der Waals surface area (Å²) >= 11 is 1.25. The summed E-state index contributed by atoms with van der Waals surface area (Å²) in [6.45, 7) is 4.98. The first-order chi connectivity index (χ1) is 9.72. The minimum Gasteiger partial charge on any atom is -0.481 e. The molecular weight excluding hydrogens is 276 g/mol. The Kier molecular flexibility index (Phi) is 5.70. The van der Waals surface area contributed by atoms with Crippen LogP contribution in [0.25, 0.3) is 0 Å². The first kappa shape index (κ1) is 15.2. The maximum absolute atomic E-state index is 10.7. The number of rotatable bonds is 6. The highest BCUT2D eigenvalue weighted by atomic mass is 32.2. The Morgan fingerprint density at radius 1 is 1.25 bits per heavy atom. The van der Waals surface area contributed by atoms with Crippen molar-refractivity contribution in [2.24, 2.45) is 0 Å². The molecule has 0 bridgehead atoms. The predicted octanol–water partition coefficient (Wildman–Crippen LogP) is 2.25. The standard InChI is InChI=1S/C13H22N4O2S/c1-2-7-17-12(16-8-5-3-4-6-9-16)14-15-13(17)20-10-11(18)19/h2-10H2,1H3,(H,18,19). The van der Waals surface area contributed by atoms with Gasteiger partial charge in [-0.2, -0.15) is 0 Å². The van der Waals surface area contributed by atoms with Gasteiger partial charge >= 0.3 is 5.97 Å². The van der Waals surface area contributed by atoms with E-state index in [1.807, 2.05) is 0 Å². The van der Waals surface area contributed by atoms with Gasteiger partial charge < -0.3 is 10.0 Å². The van der Waals surface area contributed by atoms with Crippen LogP contribution < -0.4 is 4.90 Å². The Labute approximate surface area is 123 Å². The van der Waals surface area contributed by atoms with Crippen molar-refractivity contribution in [3.63, 3.8) is 0 Å². The number of carbonyl (C=O) groups is 1. The van der Waals surface area contributed by atoms with Crippen molar-refractivity contribution in [1.82, 2.24) is 14.8 Å². The van der Waals surface area contributed by atoms with Crippen molar-refractivity contribution < 1.29 is 9.90 Å². The average Bonchev–Trinajstić information content (AvgIpc) is 2.64. The molecule has 6 nitrogen and oxygen atoms in total. The van der Waals surface area contributed by atoms with Crippen LogP contribution in [0.2, 0.25) is 0 Å². The van der Waals surface area contributed by atoms with Gasteiger partial charge in [-0.25, -0.2) is 0 Å². The van der Waals surface area contributed by atoms with Gasteiger partial charge in [-0.05, 0) is 19.3 Å². The molecule has 7 heteroatoms. The number of carboxylic acid groups (broad SMARTS) is 1. The zero-order chi connectivity index (χ0) is 14.4. The summed E-state index contributed by atoms with van der Waals surface area (Å²) in [4.78, 5) is 13.0. The van der Waals surface area contributed by atoms with Gasteiger partial charge in [0.1, 0.15) is 0 Å². The molecule has 0 unspecified atom stereocenters. The zero-order valence-corrected chi connectivity index (χ0v) is 12.7. The number of carboxylic acids is 1. The van der Waals surface area contributed by atoms with Crippen molar-refractivity contribution in [2.45, 2.75) is 50.7 Å². The first-order valence-electron chi connectivity index (χ1n) is 7.25. The largest absolute Gasteiger partial charge is 0.481 e. The van der Waals surface area contributed by atoms with E-state index >= 15 is 0 Å². The van der Waals surface area contributed by atoms with Crippen molar-refractivity contribution in [2.75, 3.05) is 23.7 Å².